The minimum absolute atomic E-state index is 0.656. The van der Waals surface area contributed by atoms with Crippen LogP contribution in [0.4, 0.5) is 5.69 Å². The van der Waals surface area contributed by atoms with Crippen LogP contribution in [-0.2, 0) is 6.54 Å². The van der Waals surface area contributed by atoms with Crippen LogP contribution in [0.25, 0.3) is 0 Å². The predicted molar refractivity (Wildman–Crippen MR) is 79.8 cm³/mol. The van der Waals surface area contributed by atoms with Gasteiger partial charge < -0.3 is 4.90 Å². The van der Waals surface area contributed by atoms with Gasteiger partial charge in [0.15, 0.2) is 0 Å². The van der Waals surface area contributed by atoms with Crippen LogP contribution in [0, 0.1) is 11.3 Å². The summed E-state index contributed by atoms with van der Waals surface area (Å²) in [6, 6.07) is 12.0. The number of anilines is 1. The molecule has 0 N–H and O–H groups in total. The van der Waals surface area contributed by atoms with E-state index in [1.807, 2.05) is 30.3 Å². The van der Waals surface area contributed by atoms with Crippen LogP contribution >= 0.6 is 15.9 Å². The summed E-state index contributed by atoms with van der Waals surface area (Å²) in [6.45, 7) is 3.85. The van der Waals surface area contributed by atoms with Crippen LogP contribution < -0.4 is 4.90 Å². The Morgan fingerprint density at radius 2 is 2.00 bits per heavy atom. The van der Waals surface area contributed by atoms with E-state index in [0.717, 1.165) is 23.2 Å². The lowest BCUT2D eigenvalue weighted by molar-refractivity contribution is 0.830. The third-order valence-electron chi connectivity index (χ3n) is 2.94. The molecule has 0 saturated heterocycles. The molecule has 0 atom stereocenters. The minimum atomic E-state index is 0.656. The summed E-state index contributed by atoms with van der Waals surface area (Å²) in [6.07, 6.45) is 3.61. The fourth-order valence-corrected chi connectivity index (χ4v) is 2.34. The van der Waals surface area contributed by atoms with Crippen molar-refractivity contribution in [3.63, 3.8) is 0 Å². The second kappa shape index (κ2) is 6.35. The van der Waals surface area contributed by atoms with Crippen molar-refractivity contribution in [1.82, 2.24) is 4.98 Å². The zero-order valence-electron chi connectivity index (χ0n) is 10.7. The largest absolute Gasteiger partial charge is 0.367 e. The highest BCUT2D eigenvalue weighted by Crippen LogP contribution is 2.24. The van der Waals surface area contributed by atoms with Gasteiger partial charge in [-0.25, -0.2) is 0 Å². The quantitative estimate of drug-likeness (QED) is 0.862. The van der Waals surface area contributed by atoms with Gasteiger partial charge in [0.05, 0.1) is 5.56 Å². The normalized spacial score (nSPS) is 9.95. The second-order valence-corrected chi connectivity index (χ2v) is 5.00. The Morgan fingerprint density at radius 1 is 1.26 bits per heavy atom. The van der Waals surface area contributed by atoms with Crippen molar-refractivity contribution in [2.24, 2.45) is 0 Å². The number of benzene rings is 1. The molecule has 0 unspecified atom stereocenters. The van der Waals surface area contributed by atoms with Crippen LogP contribution in [0.15, 0.2) is 47.2 Å². The van der Waals surface area contributed by atoms with E-state index >= 15 is 0 Å². The zero-order valence-corrected chi connectivity index (χ0v) is 12.3. The number of hydrogen-bond acceptors (Lipinski definition) is 3. The first kappa shape index (κ1) is 13.6. The molecule has 0 fully saturated rings. The maximum atomic E-state index is 8.94. The van der Waals surface area contributed by atoms with Crippen LogP contribution in [0.5, 0.6) is 0 Å². The summed E-state index contributed by atoms with van der Waals surface area (Å²) in [7, 11) is 0. The van der Waals surface area contributed by atoms with E-state index in [-0.39, 0.29) is 0 Å². The van der Waals surface area contributed by atoms with E-state index < -0.39 is 0 Å². The van der Waals surface area contributed by atoms with Crippen molar-refractivity contribution in [2.45, 2.75) is 13.5 Å². The average molecular weight is 316 g/mol. The molecule has 0 aliphatic rings. The first-order valence-corrected chi connectivity index (χ1v) is 6.87. The fourth-order valence-electron chi connectivity index (χ4n) is 1.89. The molecule has 0 aliphatic carbocycles. The van der Waals surface area contributed by atoms with Crippen molar-refractivity contribution in [2.75, 3.05) is 11.4 Å². The minimum Gasteiger partial charge on any atom is -0.367 e. The lowest BCUT2D eigenvalue weighted by Crippen LogP contribution is -2.21. The molecule has 0 aliphatic heterocycles. The van der Waals surface area contributed by atoms with E-state index in [1.54, 1.807) is 12.4 Å². The molecule has 19 heavy (non-hydrogen) atoms. The van der Waals surface area contributed by atoms with Gasteiger partial charge in [-0.05, 0) is 58.7 Å². The van der Waals surface area contributed by atoms with E-state index in [1.165, 1.54) is 5.56 Å². The first-order chi connectivity index (χ1) is 9.24. The summed E-state index contributed by atoms with van der Waals surface area (Å²) < 4.78 is 0.834. The van der Waals surface area contributed by atoms with Gasteiger partial charge in [0, 0.05) is 35.6 Å². The molecule has 0 amide bonds. The van der Waals surface area contributed by atoms with Crippen LogP contribution in [0.3, 0.4) is 0 Å². The first-order valence-electron chi connectivity index (χ1n) is 6.08. The molecule has 1 aromatic carbocycles. The molecule has 2 rings (SSSR count). The topological polar surface area (TPSA) is 39.9 Å². The second-order valence-electron chi connectivity index (χ2n) is 4.15. The molecule has 2 aromatic rings. The molecule has 0 spiro atoms. The highest BCUT2D eigenvalue weighted by atomic mass is 79.9. The molecule has 0 radical (unpaired) electrons. The summed E-state index contributed by atoms with van der Waals surface area (Å²) in [4.78, 5) is 6.28. The van der Waals surface area contributed by atoms with Gasteiger partial charge in [0.25, 0.3) is 0 Å². The molecule has 0 bridgehead atoms. The number of halogens is 1. The molecule has 96 valence electrons. The highest BCUT2D eigenvalue weighted by Gasteiger charge is 2.07. The predicted octanol–water partition coefficient (Wildman–Crippen LogP) is 3.74. The monoisotopic (exact) mass is 315 g/mol. The lowest BCUT2D eigenvalue weighted by Gasteiger charge is -2.23. The van der Waals surface area contributed by atoms with Gasteiger partial charge in [-0.3, -0.25) is 4.98 Å². The maximum Gasteiger partial charge on any atom is 0.100 e. The van der Waals surface area contributed by atoms with Crippen molar-refractivity contribution < 1.29 is 0 Å². The smallest absolute Gasteiger partial charge is 0.100 e. The summed E-state index contributed by atoms with van der Waals surface area (Å²) in [5.41, 5.74) is 2.98. The van der Waals surface area contributed by atoms with Gasteiger partial charge in [-0.2, -0.15) is 5.26 Å². The Bertz CT molecular complexity index is 590. The summed E-state index contributed by atoms with van der Waals surface area (Å²) in [5, 5.41) is 8.94. The highest BCUT2D eigenvalue weighted by molar-refractivity contribution is 9.10. The molecule has 1 aromatic heterocycles. The standard InChI is InChI=1S/C15H14BrN3/c1-2-19(11-12-5-7-18-8-6-12)14-4-3-13(10-17)15(16)9-14/h3-9H,2,11H2,1H3. The average Bonchev–Trinajstić information content (AvgIpc) is 2.46. The Labute approximate surface area is 121 Å². The number of nitriles is 1. The van der Waals surface area contributed by atoms with E-state index in [2.05, 4.69) is 38.8 Å². The van der Waals surface area contributed by atoms with Crippen molar-refractivity contribution in [3.05, 3.63) is 58.3 Å². The molecular weight excluding hydrogens is 302 g/mol. The third kappa shape index (κ3) is 3.33. The van der Waals surface area contributed by atoms with Gasteiger partial charge in [0.1, 0.15) is 6.07 Å². The molecule has 4 heteroatoms. The lowest BCUT2D eigenvalue weighted by atomic mass is 10.2. The Morgan fingerprint density at radius 3 is 2.58 bits per heavy atom. The Balaban J connectivity index is 2.23. The van der Waals surface area contributed by atoms with E-state index in [9.17, 15) is 0 Å². The van der Waals surface area contributed by atoms with Crippen LogP contribution in [0.1, 0.15) is 18.1 Å². The fraction of sp³-hybridized carbons (Fsp3) is 0.200. The Kier molecular flexibility index (Phi) is 4.53. The number of rotatable bonds is 4. The molecular formula is C15H14BrN3. The maximum absolute atomic E-state index is 8.94. The molecule has 1 heterocycles. The zero-order chi connectivity index (χ0) is 13.7. The van der Waals surface area contributed by atoms with Gasteiger partial charge in [-0.15, -0.1) is 0 Å². The van der Waals surface area contributed by atoms with Gasteiger partial charge >= 0.3 is 0 Å². The molecule has 0 saturated carbocycles. The Hall–Kier alpha value is -1.86. The van der Waals surface area contributed by atoms with Crippen LogP contribution in [-0.4, -0.2) is 11.5 Å². The van der Waals surface area contributed by atoms with Crippen LogP contribution in [0.2, 0.25) is 0 Å². The van der Waals surface area contributed by atoms with Gasteiger partial charge in [-0.1, -0.05) is 0 Å². The van der Waals surface area contributed by atoms with Crippen molar-refractivity contribution >= 4 is 21.6 Å². The van der Waals surface area contributed by atoms with Crippen molar-refractivity contribution in [1.29, 1.82) is 5.26 Å². The number of nitrogens with zero attached hydrogens (tertiary/aromatic N) is 3. The van der Waals surface area contributed by atoms with Crippen molar-refractivity contribution in [3.8, 4) is 6.07 Å². The third-order valence-corrected chi connectivity index (χ3v) is 3.60. The number of pyridine rings is 1. The van der Waals surface area contributed by atoms with E-state index in [0.29, 0.717) is 5.56 Å². The summed E-state index contributed by atoms with van der Waals surface area (Å²) in [5.74, 6) is 0. The molecule has 3 nitrogen and oxygen atoms in total. The SMILES string of the molecule is CCN(Cc1ccncc1)c1ccc(C#N)c(Br)c1. The number of aromatic nitrogens is 1. The van der Waals surface area contributed by atoms with E-state index in [4.69, 9.17) is 5.26 Å². The van der Waals surface area contributed by atoms with Gasteiger partial charge in [0.2, 0.25) is 0 Å². The number of hydrogen-bond donors (Lipinski definition) is 0. The summed E-state index contributed by atoms with van der Waals surface area (Å²) >= 11 is 3.43.